The van der Waals surface area contributed by atoms with Gasteiger partial charge in [-0.1, -0.05) is 0 Å². The lowest BCUT2D eigenvalue weighted by atomic mass is 9.92. The van der Waals surface area contributed by atoms with Crippen LogP contribution in [0.3, 0.4) is 0 Å². The van der Waals surface area contributed by atoms with Gasteiger partial charge in [-0.2, -0.15) is 0 Å². The molecule has 0 saturated carbocycles. The maximum Gasteiger partial charge on any atom is 0.184 e. The number of fused-ring (bicyclic) bond motifs is 1. The quantitative estimate of drug-likeness (QED) is 0.580. The molecule has 2 aliphatic heterocycles. The summed E-state index contributed by atoms with van der Waals surface area (Å²) in [5.41, 5.74) is 6.01. The average Bonchev–Trinajstić information content (AvgIpc) is 2.48. The van der Waals surface area contributed by atoms with Gasteiger partial charge in [-0.3, -0.25) is 4.79 Å². The third-order valence-corrected chi connectivity index (χ3v) is 3.39. The lowest BCUT2D eigenvalue weighted by Crippen LogP contribution is -2.49. The monoisotopic (exact) mass is 264 g/mol. The fourth-order valence-electron chi connectivity index (χ4n) is 2.43. The van der Waals surface area contributed by atoms with Crippen molar-refractivity contribution in [2.24, 2.45) is 0 Å². The van der Waals surface area contributed by atoms with E-state index in [-0.39, 0.29) is 0 Å². The molecular weight excluding hydrogens is 248 g/mol. The van der Waals surface area contributed by atoms with Crippen LogP contribution in [0, 0.1) is 0 Å². The summed E-state index contributed by atoms with van der Waals surface area (Å²) in [4.78, 5) is 11.6. The molecule has 6 nitrogen and oxygen atoms in total. The van der Waals surface area contributed by atoms with Crippen molar-refractivity contribution in [3.63, 3.8) is 0 Å². The smallest absolute Gasteiger partial charge is 0.184 e. The topological polar surface area (TPSA) is 82.8 Å². The number of nitrogen functional groups attached to an aromatic ring is 1. The lowest BCUT2D eigenvalue weighted by Gasteiger charge is -2.35. The molecule has 102 valence electrons. The van der Waals surface area contributed by atoms with Gasteiger partial charge in [0.05, 0.1) is 12.3 Å². The van der Waals surface area contributed by atoms with Crippen LogP contribution in [0.4, 0.5) is 5.69 Å². The summed E-state index contributed by atoms with van der Waals surface area (Å²) in [6.45, 7) is 2.50. The predicted octanol–water partition coefficient (Wildman–Crippen LogP) is 0.0540. The molecule has 0 radical (unpaired) electrons. The molecule has 2 heterocycles. The Kier molecular flexibility index (Phi) is 3.04. The number of ether oxygens (including phenoxy) is 3. The first-order valence-corrected chi connectivity index (χ1v) is 6.26. The first-order chi connectivity index (χ1) is 9.27. The molecule has 0 aliphatic carbocycles. The number of rotatable bonds is 2. The second-order valence-corrected chi connectivity index (χ2v) is 4.59. The maximum absolute atomic E-state index is 11.6. The highest BCUT2D eigenvalue weighted by Crippen LogP contribution is 2.44. The summed E-state index contributed by atoms with van der Waals surface area (Å²) in [7, 11) is 0. The van der Waals surface area contributed by atoms with Crippen LogP contribution in [0.1, 0.15) is 5.56 Å². The summed E-state index contributed by atoms with van der Waals surface area (Å²) in [6, 6.07) is 3.48. The minimum absolute atomic E-state index is 0.413. The standard InChI is InChI=1S/C13H16N2O4/c14-10-2-1-9(11-12(10)18-6-5-17-11)13(8-16)7-15-3-4-19-13/h1-2,8,15H,3-7,14H2. The second kappa shape index (κ2) is 4.71. The zero-order valence-corrected chi connectivity index (χ0v) is 10.5. The van der Waals surface area contributed by atoms with Gasteiger partial charge in [0.15, 0.2) is 23.4 Å². The van der Waals surface area contributed by atoms with Gasteiger partial charge >= 0.3 is 0 Å². The minimum atomic E-state index is -1.03. The van der Waals surface area contributed by atoms with Gasteiger partial charge in [0.1, 0.15) is 13.2 Å². The molecule has 0 aromatic heterocycles. The molecule has 1 unspecified atom stereocenters. The number of nitrogens with two attached hydrogens (primary N) is 1. The van der Waals surface area contributed by atoms with Crippen LogP contribution in [0.15, 0.2) is 12.1 Å². The van der Waals surface area contributed by atoms with Crippen molar-refractivity contribution >= 4 is 12.0 Å². The molecule has 3 rings (SSSR count). The number of benzene rings is 1. The maximum atomic E-state index is 11.6. The molecule has 1 fully saturated rings. The molecule has 6 heteroatoms. The van der Waals surface area contributed by atoms with Crippen molar-refractivity contribution in [2.75, 3.05) is 38.6 Å². The van der Waals surface area contributed by atoms with Crippen LogP contribution in [-0.2, 0) is 15.1 Å². The molecule has 0 spiro atoms. The second-order valence-electron chi connectivity index (χ2n) is 4.59. The van der Waals surface area contributed by atoms with Crippen molar-refractivity contribution in [1.82, 2.24) is 5.32 Å². The van der Waals surface area contributed by atoms with Gasteiger partial charge in [-0.05, 0) is 12.1 Å². The van der Waals surface area contributed by atoms with Crippen LogP contribution in [0.2, 0.25) is 0 Å². The van der Waals surface area contributed by atoms with Gasteiger partial charge < -0.3 is 25.3 Å². The van der Waals surface area contributed by atoms with Crippen LogP contribution < -0.4 is 20.5 Å². The summed E-state index contributed by atoms with van der Waals surface area (Å²) < 4.78 is 16.9. The number of hydrogen-bond acceptors (Lipinski definition) is 6. The molecular formula is C13H16N2O4. The summed E-state index contributed by atoms with van der Waals surface area (Å²) in [5, 5.41) is 3.16. The molecule has 1 aromatic rings. The third kappa shape index (κ3) is 1.93. The highest BCUT2D eigenvalue weighted by atomic mass is 16.6. The number of anilines is 1. The summed E-state index contributed by atoms with van der Waals surface area (Å²) in [6.07, 6.45) is 0.808. The van der Waals surface area contributed by atoms with Crippen molar-refractivity contribution in [3.8, 4) is 11.5 Å². The van der Waals surface area contributed by atoms with Crippen molar-refractivity contribution < 1.29 is 19.0 Å². The average molecular weight is 264 g/mol. The molecule has 0 bridgehead atoms. The molecule has 2 aliphatic rings. The van der Waals surface area contributed by atoms with Crippen LogP contribution in [0.25, 0.3) is 0 Å². The molecule has 1 saturated heterocycles. The Hall–Kier alpha value is -1.79. The Labute approximate surface area is 110 Å². The van der Waals surface area contributed by atoms with Crippen molar-refractivity contribution in [3.05, 3.63) is 17.7 Å². The number of hydrogen-bond donors (Lipinski definition) is 2. The first kappa shape index (κ1) is 12.3. The number of morpholine rings is 1. The van der Waals surface area contributed by atoms with Crippen molar-refractivity contribution in [2.45, 2.75) is 5.60 Å². The minimum Gasteiger partial charge on any atom is -0.486 e. The van der Waals surface area contributed by atoms with E-state index in [0.29, 0.717) is 49.1 Å². The summed E-state index contributed by atoms with van der Waals surface area (Å²) in [5.74, 6) is 1.01. The Morgan fingerprint density at radius 2 is 2.00 bits per heavy atom. The molecule has 1 aromatic carbocycles. The fraction of sp³-hybridized carbons (Fsp3) is 0.462. The highest BCUT2D eigenvalue weighted by Gasteiger charge is 2.39. The Morgan fingerprint density at radius 1 is 1.21 bits per heavy atom. The van der Waals surface area contributed by atoms with Crippen molar-refractivity contribution in [1.29, 1.82) is 0 Å². The molecule has 3 N–H and O–H groups in total. The van der Waals surface area contributed by atoms with Gasteiger partial charge in [0, 0.05) is 18.7 Å². The molecule has 19 heavy (non-hydrogen) atoms. The largest absolute Gasteiger partial charge is 0.486 e. The van der Waals surface area contributed by atoms with E-state index in [2.05, 4.69) is 5.32 Å². The zero-order valence-electron chi connectivity index (χ0n) is 10.5. The van der Waals surface area contributed by atoms with Crippen LogP contribution in [-0.4, -0.2) is 39.2 Å². The van der Waals surface area contributed by atoms with E-state index in [4.69, 9.17) is 19.9 Å². The number of carbonyl (C=O) groups is 1. The number of nitrogens with one attached hydrogen (secondary N) is 1. The van der Waals surface area contributed by atoms with E-state index in [9.17, 15) is 4.79 Å². The van der Waals surface area contributed by atoms with E-state index in [1.807, 2.05) is 0 Å². The lowest BCUT2D eigenvalue weighted by molar-refractivity contribution is -0.136. The van der Waals surface area contributed by atoms with E-state index < -0.39 is 5.60 Å². The fourth-order valence-corrected chi connectivity index (χ4v) is 2.43. The van der Waals surface area contributed by atoms with Crippen LogP contribution >= 0.6 is 0 Å². The van der Waals surface area contributed by atoms with Gasteiger partial charge in [0.25, 0.3) is 0 Å². The Balaban J connectivity index is 2.11. The number of carbonyl (C=O) groups excluding carboxylic acids is 1. The van der Waals surface area contributed by atoms with E-state index in [0.717, 1.165) is 12.8 Å². The number of aldehydes is 1. The SMILES string of the molecule is Nc1ccc(C2(C=O)CNCCO2)c2c1OCCO2. The van der Waals surface area contributed by atoms with E-state index in [1.54, 1.807) is 12.1 Å². The van der Waals surface area contributed by atoms with Gasteiger partial charge in [-0.25, -0.2) is 0 Å². The van der Waals surface area contributed by atoms with Crippen LogP contribution in [0.5, 0.6) is 11.5 Å². The zero-order chi connectivity index (χ0) is 13.3. The van der Waals surface area contributed by atoms with Gasteiger partial charge in [0.2, 0.25) is 0 Å². The third-order valence-electron chi connectivity index (χ3n) is 3.39. The normalized spacial score (nSPS) is 25.9. The van der Waals surface area contributed by atoms with Gasteiger partial charge in [-0.15, -0.1) is 0 Å². The molecule has 0 amide bonds. The Bertz CT molecular complexity index is 498. The summed E-state index contributed by atoms with van der Waals surface area (Å²) >= 11 is 0. The van der Waals surface area contributed by atoms with E-state index >= 15 is 0 Å². The Morgan fingerprint density at radius 3 is 2.68 bits per heavy atom. The predicted molar refractivity (Wildman–Crippen MR) is 68.4 cm³/mol. The highest BCUT2D eigenvalue weighted by molar-refractivity contribution is 5.74. The first-order valence-electron chi connectivity index (χ1n) is 6.26. The van der Waals surface area contributed by atoms with E-state index in [1.165, 1.54) is 0 Å². The molecule has 1 atom stereocenters.